The minimum atomic E-state index is -4.14. The summed E-state index contributed by atoms with van der Waals surface area (Å²) >= 11 is 12.2. The first-order valence-corrected chi connectivity index (χ1v) is 12.5. The molecule has 9 nitrogen and oxygen atoms in total. The Morgan fingerprint density at radius 3 is 2.47 bits per heavy atom. The van der Waals surface area contributed by atoms with Crippen molar-refractivity contribution in [2.24, 2.45) is 5.10 Å². The van der Waals surface area contributed by atoms with E-state index in [1.807, 2.05) is 0 Å². The molecule has 3 rings (SSSR count). The Morgan fingerprint density at radius 1 is 1.03 bits per heavy atom. The normalized spacial score (nSPS) is 11.2. The summed E-state index contributed by atoms with van der Waals surface area (Å²) in [5.41, 5.74) is 2.95. The Balaban J connectivity index is 1.76. The standard InChI is InChI=1S/C24H21Cl2N3O6S/c1-34-24(31)16-35-19-7-5-6-17(12-19)14-27-28-23(30)15-29(22-11-10-18(25)13-21(22)26)36(32,33)20-8-3-2-4-9-20/h2-14H,15-16H2,1H3,(H,28,30)/b27-14-. The maximum Gasteiger partial charge on any atom is 0.343 e. The van der Waals surface area contributed by atoms with E-state index in [4.69, 9.17) is 27.9 Å². The average molecular weight is 550 g/mol. The number of ether oxygens (including phenoxy) is 2. The van der Waals surface area contributed by atoms with Crippen molar-refractivity contribution in [3.8, 4) is 5.75 Å². The predicted octanol–water partition coefficient (Wildman–Crippen LogP) is 3.89. The van der Waals surface area contributed by atoms with Crippen LogP contribution >= 0.6 is 23.2 Å². The van der Waals surface area contributed by atoms with E-state index in [0.29, 0.717) is 16.3 Å². The van der Waals surface area contributed by atoms with Gasteiger partial charge in [-0.3, -0.25) is 9.10 Å². The number of methoxy groups -OCH3 is 1. The summed E-state index contributed by atoms with van der Waals surface area (Å²) in [5.74, 6) is -0.847. The highest BCUT2D eigenvalue weighted by Gasteiger charge is 2.28. The lowest BCUT2D eigenvalue weighted by molar-refractivity contribution is -0.142. The summed E-state index contributed by atoms with van der Waals surface area (Å²) in [6, 6.07) is 18.5. The number of sulfonamides is 1. The van der Waals surface area contributed by atoms with Crippen molar-refractivity contribution in [3.05, 3.63) is 88.4 Å². The molecule has 0 fully saturated rings. The Labute approximate surface area is 218 Å². The molecular weight excluding hydrogens is 529 g/mol. The Morgan fingerprint density at radius 2 is 1.78 bits per heavy atom. The quantitative estimate of drug-likeness (QED) is 0.233. The Hall–Kier alpha value is -3.60. The van der Waals surface area contributed by atoms with Crippen LogP contribution in [-0.2, 0) is 24.3 Å². The fourth-order valence-electron chi connectivity index (χ4n) is 2.93. The van der Waals surface area contributed by atoms with Gasteiger partial charge in [-0.2, -0.15) is 5.10 Å². The van der Waals surface area contributed by atoms with Crippen molar-refractivity contribution < 1.29 is 27.5 Å². The summed E-state index contributed by atoms with van der Waals surface area (Å²) in [5, 5.41) is 4.25. The van der Waals surface area contributed by atoms with Gasteiger partial charge in [0, 0.05) is 5.02 Å². The molecule has 0 saturated carbocycles. The van der Waals surface area contributed by atoms with Crippen molar-refractivity contribution in [2.75, 3.05) is 24.6 Å². The SMILES string of the molecule is COC(=O)COc1cccc(/C=N\NC(=O)CN(c2ccc(Cl)cc2Cl)S(=O)(=O)c2ccccc2)c1. The monoisotopic (exact) mass is 549 g/mol. The summed E-state index contributed by atoms with van der Waals surface area (Å²) in [7, 11) is -2.89. The van der Waals surface area contributed by atoms with E-state index < -0.39 is 28.4 Å². The number of hydrazone groups is 1. The van der Waals surface area contributed by atoms with Crippen molar-refractivity contribution in [3.63, 3.8) is 0 Å². The lowest BCUT2D eigenvalue weighted by atomic mass is 10.2. The molecule has 0 aliphatic carbocycles. The molecule has 0 radical (unpaired) electrons. The van der Waals surface area contributed by atoms with E-state index in [1.165, 1.54) is 43.7 Å². The number of benzene rings is 3. The largest absolute Gasteiger partial charge is 0.482 e. The van der Waals surface area contributed by atoms with Gasteiger partial charge >= 0.3 is 5.97 Å². The van der Waals surface area contributed by atoms with E-state index in [9.17, 15) is 18.0 Å². The molecule has 12 heteroatoms. The number of esters is 1. The van der Waals surface area contributed by atoms with E-state index in [2.05, 4.69) is 15.3 Å². The van der Waals surface area contributed by atoms with Crippen molar-refractivity contribution in [2.45, 2.75) is 4.90 Å². The second kappa shape index (κ2) is 12.4. The van der Waals surface area contributed by atoms with Gasteiger partial charge in [0.05, 0.1) is 28.9 Å². The number of amides is 1. The molecule has 0 spiro atoms. The molecule has 3 aromatic carbocycles. The smallest absolute Gasteiger partial charge is 0.343 e. The van der Waals surface area contributed by atoms with Crippen LogP contribution in [0.1, 0.15) is 5.56 Å². The average Bonchev–Trinajstić information content (AvgIpc) is 2.87. The van der Waals surface area contributed by atoms with Gasteiger partial charge in [0.2, 0.25) is 0 Å². The van der Waals surface area contributed by atoms with Crippen molar-refractivity contribution >= 4 is 57.0 Å². The van der Waals surface area contributed by atoms with Gasteiger partial charge in [0.25, 0.3) is 15.9 Å². The van der Waals surface area contributed by atoms with Gasteiger partial charge in [-0.1, -0.05) is 53.5 Å². The number of halogens is 2. The van der Waals surface area contributed by atoms with Crippen molar-refractivity contribution in [1.82, 2.24) is 5.43 Å². The highest BCUT2D eigenvalue weighted by Crippen LogP contribution is 2.32. The van der Waals surface area contributed by atoms with Crippen LogP contribution < -0.4 is 14.5 Å². The van der Waals surface area contributed by atoms with E-state index in [0.717, 1.165) is 4.31 Å². The maximum absolute atomic E-state index is 13.3. The molecule has 3 aromatic rings. The van der Waals surface area contributed by atoms with Crippen LogP contribution in [0.2, 0.25) is 10.0 Å². The highest BCUT2D eigenvalue weighted by atomic mass is 35.5. The first-order chi connectivity index (χ1) is 17.2. The fraction of sp³-hybridized carbons (Fsp3) is 0.125. The van der Waals surface area contributed by atoms with Crippen LogP contribution in [0.25, 0.3) is 0 Å². The maximum atomic E-state index is 13.3. The van der Waals surface area contributed by atoms with E-state index >= 15 is 0 Å². The van der Waals surface area contributed by atoms with Gasteiger partial charge in [0.1, 0.15) is 12.3 Å². The van der Waals surface area contributed by atoms with E-state index in [-0.39, 0.29) is 22.2 Å². The third kappa shape index (κ3) is 7.20. The number of anilines is 1. The third-order valence-electron chi connectivity index (χ3n) is 4.64. The molecule has 188 valence electrons. The predicted molar refractivity (Wildman–Crippen MR) is 137 cm³/mol. The molecule has 0 atom stereocenters. The third-order valence-corrected chi connectivity index (χ3v) is 6.95. The van der Waals surface area contributed by atoms with Gasteiger partial charge in [0.15, 0.2) is 6.61 Å². The second-order valence-electron chi connectivity index (χ2n) is 7.15. The van der Waals surface area contributed by atoms with Gasteiger partial charge in [-0.05, 0) is 48.0 Å². The van der Waals surface area contributed by atoms with Crippen LogP contribution in [-0.4, -0.2) is 46.8 Å². The van der Waals surface area contributed by atoms with Gasteiger partial charge in [-0.15, -0.1) is 0 Å². The first kappa shape index (κ1) is 27.0. The summed E-state index contributed by atoms with van der Waals surface area (Å²) in [6.07, 6.45) is 1.34. The number of nitrogens with one attached hydrogen (secondary N) is 1. The molecule has 0 aliphatic rings. The lowest BCUT2D eigenvalue weighted by Crippen LogP contribution is -2.39. The second-order valence-corrected chi connectivity index (χ2v) is 9.86. The van der Waals surface area contributed by atoms with Gasteiger partial charge < -0.3 is 9.47 Å². The van der Waals surface area contributed by atoms with Crippen LogP contribution in [0.3, 0.4) is 0 Å². The number of nitrogens with zero attached hydrogens (tertiary/aromatic N) is 2. The zero-order valence-electron chi connectivity index (χ0n) is 18.9. The molecule has 1 N–H and O–H groups in total. The highest BCUT2D eigenvalue weighted by molar-refractivity contribution is 7.92. The number of carbonyl (C=O) groups excluding carboxylic acids is 2. The number of hydrogen-bond acceptors (Lipinski definition) is 7. The molecule has 0 heterocycles. The van der Waals surface area contributed by atoms with Crippen LogP contribution in [0.4, 0.5) is 5.69 Å². The zero-order valence-corrected chi connectivity index (χ0v) is 21.3. The topological polar surface area (TPSA) is 114 Å². The molecular formula is C24H21Cl2N3O6S. The number of hydrogen-bond donors (Lipinski definition) is 1. The van der Waals surface area contributed by atoms with Crippen LogP contribution in [0.15, 0.2) is 82.8 Å². The molecule has 0 aromatic heterocycles. The summed E-state index contributed by atoms with van der Waals surface area (Å²) in [4.78, 5) is 23.9. The minimum absolute atomic E-state index is 0.0175. The van der Waals surface area contributed by atoms with E-state index in [1.54, 1.807) is 42.5 Å². The first-order valence-electron chi connectivity index (χ1n) is 10.3. The molecule has 0 unspecified atom stereocenters. The molecule has 0 aliphatic heterocycles. The molecule has 1 amide bonds. The molecule has 36 heavy (non-hydrogen) atoms. The zero-order chi connectivity index (χ0) is 26.1. The summed E-state index contributed by atoms with van der Waals surface area (Å²) in [6.45, 7) is -0.856. The van der Waals surface area contributed by atoms with Crippen LogP contribution in [0.5, 0.6) is 5.75 Å². The summed E-state index contributed by atoms with van der Waals surface area (Å²) < 4.78 is 37.4. The fourth-order valence-corrected chi connectivity index (χ4v) is 4.95. The van der Waals surface area contributed by atoms with Gasteiger partial charge in [-0.25, -0.2) is 18.6 Å². The Kier molecular flexibility index (Phi) is 9.29. The minimum Gasteiger partial charge on any atom is -0.482 e. The number of carbonyl (C=O) groups is 2. The number of rotatable bonds is 10. The Bertz CT molecular complexity index is 1370. The molecule has 0 saturated heterocycles. The van der Waals surface area contributed by atoms with Crippen LogP contribution in [0, 0.1) is 0 Å². The van der Waals surface area contributed by atoms with Crippen molar-refractivity contribution in [1.29, 1.82) is 0 Å². The molecule has 0 bridgehead atoms. The lowest BCUT2D eigenvalue weighted by Gasteiger charge is -2.24.